The van der Waals surface area contributed by atoms with E-state index in [9.17, 15) is 0 Å². The number of benzene rings is 1. The Bertz CT molecular complexity index is 911. The molecule has 156 valence electrons. The fourth-order valence-corrected chi connectivity index (χ4v) is 3.46. The molecule has 0 bridgehead atoms. The van der Waals surface area contributed by atoms with Crippen LogP contribution in [0.15, 0.2) is 36.8 Å². The molecular weight excluding hydrogens is 366 g/mol. The van der Waals surface area contributed by atoms with Gasteiger partial charge in [-0.2, -0.15) is 0 Å². The van der Waals surface area contributed by atoms with Gasteiger partial charge in [-0.25, -0.2) is 9.97 Å². The zero-order chi connectivity index (χ0) is 20.6. The maximum absolute atomic E-state index is 5.80. The molecular formula is C22H31N5O2. The molecule has 0 aliphatic carbocycles. The highest BCUT2D eigenvalue weighted by molar-refractivity contribution is 6.01. The lowest BCUT2D eigenvalue weighted by atomic mass is 10.0. The van der Waals surface area contributed by atoms with Crippen LogP contribution in [0.25, 0.3) is 22.2 Å². The second-order valence-corrected chi connectivity index (χ2v) is 7.14. The number of H-pyrrole nitrogens is 1. The maximum atomic E-state index is 5.80. The van der Waals surface area contributed by atoms with Gasteiger partial charge in [-0.05, 0) is 17.2 Å². The molecule has 1 unspecified atom stereocenters. The van der Waals surface area contributed by atoms with Crippen LogP contribution in [0.2, 0.25) is 0 Å². The predicted octanol–water partition coefficient (Wildman–Crippen LogP) is 3.35. The molecule has 1 saturated heterocycles. The summed E-state index contributed by atoms with van der Waals surface area (Å²) in [6.45, 7) is 7.51. The monoisotopic (exact) mass is 397 g/mol. The molecule has 1 aliphatic heterocycles. The minimum absolute atomic E-state index is 0.0289. The van der Waals surface area contributed by atoms with Crippen molar-refractivity contribution in [1.29, 1.82) is 0 Å². The molecule has 1 aromatic carbocycles. The molecule has 1 aliphatic rings. The second kappa shape index (κ2) is 10.3. The first-order chi connectivity index (χ1) is 14.2. The fourth-order valence-electron chi connectivity index (χ4n) is 3.46. The third-order valence-electron chi connectivity index (χ3n) is 4.70. The van der Waals surface area contributed by atoms with Crippen LogP contribution in [0.3, 0.4) is 0 Å². The Labute approximate surface area is 172 Å². The van der Waals surface area contributed by atoms with E-state index in [0.717, 1.165) is 46.6 Å². The van der Waals surface area contributed by atoms with E-state index in [0.29, 0.717) is 19.8 Å². The number of methoxy groups -OCH3 is 1. The number of ether oxygens (including phenoxy) is 2. The summed E-state index contributed by atoms with van der Waals surface area (Å²) in [4.78, 5) is 14.5. The Morgan fingerprint density at radius 2 is 2.14 bits per heavy atom. The van der Waals surface area contributed by atoms with Crippen LogP contribution >= 0.6 is 0 Å². The van der Waals surface area contributed by atoms with Crippen molar-refractivity contribution in [2.24, 2.45) is 5.73 Å². The van der Waals surface area contributed by atoms with Gasteiger partial charge in [0.15, 0.2) is 0 Å². The zero-order valence-corrected chi connectivity index (χ0v) is 17.5. The Balaban J connectivity index is 0.000000755. The Kier molecular flexibility index (Phi) is 7.57. The molecule has 7 nitrogen and oxygen atoms in total. The van der Waals surface area contributed by atoms with Gasteiger partial charge in [0, 0.05) is 38.5 Å². The van der Waals surface area contributed by atoms with E-state index >= 15 is 0 Å². The summed E-state index contributed by atoms with van der Waals surface area (Å²) < 4.78 is 11.0. The highest BCUT2D eigenvalue weighted by Crippen LogP contribution is 2.34. The highest BCUT2D eigenvalue weighted by atomic mass is 16.5. The maximum Gasteiger partial charge on any atom is 0.143 e. The molecule has 0 saturated carbocycles. The van der Waals surface area contributed by atoms with Gasteiger partial charge in [-0.1, -0.05) is 38.5 Å². The van der Waals surface area contributed by atoms with Crippen molar-refractivity contribution in [3.63, 3.8) is 0 Å². The van der Waals surface area contributed by atoms with Crippen LogP contribution in [-0.4, -0.2) is 54.4 Å². The van der Waals surface area contributed by atoms with Crippen molar-refractivity contribution in [1.82, 2.24) is 15.0 Å². The van der Waals surface area contributed by atoms with Gasteiger partial charge in [0.05, 0.1) is 24.7 Å². The number of anilines is 1. The summed E-state index contributed by atoms with van der Waals surface area (Å²) in [5.41, 5.74) is 9.97. The molecule has 2 aromatic heterocycles. The molecule has 29 heavy (non-hydrogen) atoms. The van der Waals surface area contributed by atoms with E-state index in [1.807, 2.05) is 12.3 Å². The molecule has 7 heteroatoms. The van der Waals surface area contributed by atoms with Gasteiger partial charge in [0.2, 0.25) is 0 Å². The van der Waals surface area contributed by atoms with E-state index in [1.54, 1.807) is 13.4 Å². The number of nitrogens with two attached hydrogens (primary N) is 1. The van der Waals surface area contributed by atoms with Crippen LogP contribution < -0.4 is 10.6 Å². The van der Waals surface area contributed by atoms with Crippen LogP contribution in [0.5, 0.6) is 0 Å². The third-order valence-corrected chi connectivity index (χ3v) is 4.70. The summed E-state index contributed by atoms with van der Waals surface area (Å²) in [6.07, 6.45) is 4.88. The van der Waals surface area contributed by atoms with Crippen molar-refractivity contribution in [2.45, 2.75) is 33.0 Å². The van der Waals surface area contributed by atoms with Crippen molar-refractivity contribution < 1.29 is 9.47 Å². The first-order valence-corrected chi connectivity index (χ1v) is 10.2. The largest absolute Gasteiger partial charge is 0.380 e. The topological polar surface area (TPSA) is 89.3 Å². The van der Waals surface area contributed by atoms with Crippen molar-refractivity contribution in [3.05, 3.63) is 42.4 Å². The molecule has 3 heterocycles. The number of fused-ring (bicyclic) bond motifs is 1. The Morgan fingerprint density at radius 1 is 1.31 bits per heavy atom. The second-order valence-electron chi connectivity index (χ2n) is 7.14. The molecule has 0 spiro atoms. The summed E-state index contributed by atoms with van der Waals surface area (Å²) in [7, 11) is 1.70. The number of nitrogens with one attached hydrogen (secondary N) is 1. The summed E-state index contributed by atoms with van der Waals surface area (Å²) >= 11 is 0. The molecule has 1 atom stereocenters. The number of hydrogen-bond acceptors (Lipinski definition) is 6. The smallest absolute Gasteiger partial charge is 0.143 e. The van der Waals surface area contributed by atoms with Gasteiger partial charge in [-0.3, -0.25) is 0 Å². The van der Waals surface area contributed by atoms with Gasteiger partial charge < -0.3 is 25.1 Å². The van der Waals surface area contributed by atoms with Gasteiger partial charge >= 0.3 is 0 Å². The van der Waals surface area contributed by atoms with Crippen molar-refractivity contribution in [2.75, 3.05) is 38.3 Å². The van der Waals surface area contributed by atoms with E-state index in [1.165, 1.54) is 6.42 Å². The molecule has 4 rings (SSSR count). The summed E-state index contributed by atoms with van der Waals surface area (Å²) in [6, 6.07) is 8.35. The minimum Gasteiger partial charge on any atom is -0.380 e. The number of aromatic nitrogens is 3. The van der Waals surface area contributed by atoms with Gasteiger partial charge in [0.1, 0.15) is 17.8 Å². The lowest BCUT2D eigenvalue weighted by Crippen LogP contribution is -2.46. The predicted molar refractivity (Wildman–Crippen MR) is 117 cm³/mol. The normalized spacial score (nSPS) is 16.6. The number of morpholine rings is 1. The molecule has 0 amide bonds. The number of rotatable bonds is 5. The third kappa shape index (κ3) is 4.93. The Hall–Kier alpha value is -2.48. The standard InChI is InChI=1S/C19H23N5O2.C3H8/c1-25-11-13-3-2-4-14(7-13)16-9-21-18-17(16)19(23-12-22-18)24-5-6-26-15(8-20)10-24;1-3-2/h2-4,7,9,12,15H,5-6,8,10-11,20H2,1H3,(H,21,22,23);3H2,1-2H3. The van der Waals surface area contributed by atoms with Crippen LogP contribution in [0.4, 0.5) is 5.82 Å². The lowest BCUT2D eigenvalue weighted by Gasteiger charge is -2.33. The van der Waals surface area contributed by atoms with E-state index in [2.05, 4.69) is 51.9 Å². The van der Waals surface area contributed by atoms with Crippen molar-refractivity contribution >= 4 is 16.9 Å². The number of hydrogen-bond donors (Lipinski definition) is 2. The summed E-state index contributed by atoms with van der Waals surface area (Å²) in [5, 5.41) is 1.03. The first-order valence-electron chi connectivity index (χ1n) is 10.2. The molecule has 1 fully saturated rings. The highest BCUT2D eigenvalue weighted by Gasteiger charge is 2.24. The van der Waals surface area contributed by atoms with Gasteiger partial charge in [0.25, 0.3) is 0 Å². The Morgan fingerprint density at radius 3 is 2.90 bits per heavy atom. The van der Waals surface area contributed by atoms with E-state index in [-0.39, 0.29) is 6.10 Å². The van der Waals surface area contributed by atoms with Gasteiger partial charge in [-0.15, -0.1) is 0 Å². The van der Waals surface area contributed by atoms with E-state index < -0.39 is 0 Å². The molecule has 3 aromatic rings. The van der Waals surface area contributed by atoms with Crippen LogP contribution in [-0.2, 0) is 16.1 Å². The quantitative estimate of drug-likeness (QED) is 0.686. The zero-order valence-electron chi connectivity index (χ0n) is 17.5. The SMILES string of the molecule is CCC.COCc1cccc(-c2c[nH]c3ncnc(N4CCOC(CN)C4)c23)c1. The molecule has 0 radical (unpaired) electrons. The fraction of sp³-hybridized carbons (Fsp3) is 0.455. The minimum atomic E-state index is 0.0289. The molecule has 3 N–H and O–H groups in total. The average Bonchev–Trinajstić information content (AvgIpc) is 3.19. The van der Waals surface area contributed by atoms with Crippen LogP contribution in [0.1, 0.15) is 25.8 Å². The van der Waals surface area contributed by atoms with E-state index in [4.69, 9.17) is 15.2 Å². The van der Waals surface area contributed by atoms with Crippen molar-refractivity contribution in [3.8, 4) is 11.1 Å². The first kappa shape index (κ1) is 21.2. The van der Waals surface area contributed by atoms with Crippen LogP contribution in [0, 0.1) is 0 Å². The lowest BCUT2D eigenvalue weighted by molar-refractivity contribution is 0.0464. The number of aromatic amines is 1. The average molecular weight is 398 g/mol. The summed E-state index contributed by atoms with van der Waals surface area (Å²) in [5.74, 6) is 0.921. The number of nitrogens with zero attached hydrogens (tertiary/aromatic N) is 3.